The average Bonchev–Trinajstić information content (AvgIpc) is 2.72. The fraction of sp³-hybridized carbons (Fsp3) is 0.450. The molecule has 2 rings (SSSR count). The maximum Gasteiger partial charge on any atom is 0.278 e. The Morgan fingerprint density at radius 2 is 1.90 bits per heavy atom. The topological polar surface area (TPSA) is 132 Å². The Labute approximate surface area is 189 Å². The maximum atomic E-state index is 12.7. The van der Waals surface area contributed by atoms with Gasteiger partial charge in [0.25, 0.3) is 5.91 Å². The van der Waals surface area contributed by atoms with Crippen molar-refractivity contribution in [3.05, 3.63) is 40.3 Å². The number of nitrogens with zero attached hydrogens (tertiary/aromatic N) is 3. The summed E-state index contributed by atoms with van der Waals surface area (Å²) in [5, 5.41) is 11.5. The number of ether oxygens (including phenoxy) is 3. The SMILES string of the molecule is CN(C)Cc1cccc(NC(=O)c2nc(Br)cnc2N)c1OCCOCCOCCO. The van der Waals surface area contributed by atoms with Gasteiger partial charge >= 0.3 is 0 Å². The van der Waals surface area contributed by atoms with Crippen LogP contribution in [0.25, 0.3) is 0 Å². The smallest absolute Gasteiger partial charge is 0.278 e. The number of para-hydroxylation sites is 1. The molecule has 1 aromatic heterocycles. The zero-order valence-electron chi connectivity index (χ0n) is 17.6. The highest BCUT2D eigenvalue weighted by molar-refractivity contribution is 9.10. The Balaban J connectivity index is 2.08. The summed E-state index contributed by atoms with van der Waals surface area (Å²) < 4.78 is 17.0. The molecular weight excluding hydrogens is 470 g/mol. The highest BCUT2D eigenvalue weighted by Gasteiger charge is 2.18. The van der Waals surface area contributed by atoms with E-state index in [4.69, 9.17) is 25.1 Å². The van der Waals surface area contributed by atoms with Crippen LogP contribution >= 0.6 is 15.9 Å². The highest BCUT2D eigenvalue weighted by Crippen LogP contribution is 2.30. The van der Waals surface area contributed by atoms with E-state index in [0.717, 1.165) is 5.56 Å². The van der Waals surface area contributed by atoms with Crippen LogP contribution in [0.3, 0.4) is 0 Å². The molecule has 0 unspecified atom stereocenters. The second-order valence-electron chi connectivity index (χ2n) is 6.71. The summed E-state index contributed by atoms with van der Waals surface area (Å²) in [7, 11) is 3.89. The van der Waals surface area contributed by atoms with E-state index in [1.165, 1.54) is 6.20 Å². The number of rotatable bonds is 13. The molecule has 0 aliphatic rings. The highest BCUT2D eigenvalue weighted by atomic mass is 79.9. The van der Waals surface area contributed by atoms with Crippen molar-refractivity contribution in [2.45, 2.75) is 6.54 Å². The number of aromatic nitrogens is 2. The number of carbonyl (C=O) groups is 1. The van der Waals surface area contributed by atoms with Crippen LogP contribution in [0.1, 0.15) is 16.1 Å². The molecular formula is C20H28BrN5O5. The third-order valence-corrected chi connectivity index (χ3v) is 4.28. The van der Waals surface area contributed by atoms with Gasteiger partial charge in [-0.2, -0.15) is 0 Å². The number of aliphatic hydroxyl groups is 1. The van der Waals surface area contributed by atoms with Gasteiger partial charge in [0.2, 0.25) is 0 Å². The van der Waals surface area contributed by atoms with Gasteiger partial charge in [-0.25, -0.2) is 9.97 Å². The molecule has 0 aliphatic carbocycles. The normalized spacial score (nSPS) is 11.0. The number of benzene rings is 1. The monoisotopic (exact) mass is 497 g/mol. The minimum atomic E-state index is -0.490. The summed E-state index contributed by atoms with van der Waals surface area (Å²) in [4.78, 5) is 22.8. The number of nitrogens with one attached hydrogen (secondary N) is 1. The standard InChI is InChI=1S/C20H28BrN5O5/c1-26(2)13-14-4-3-5-15(18(14)31-11-10-30-9-8-29-7-6-27)24-20(28)17-19(22)23-12-16(21)25-17/h3-5,12,27H,6-11,13H2,1-2H3,(H2,22,23)(H,24,28). The Morgan fingerprint density at radius 1 is 1.19 bits per heavy atom. The van der Waals surface area contributed by atoms with Gasteiger partial charge in [0.05, 0.1) is 44.9 Å². The number of halogens is 1. The zero-order valence-corrected chi connectivity index (χ0v) is 19.2. The molecule has 0 atom stereocenters. The van der Waals surface area contributed by atoms with Crippen molar-refractivity contribution in [1.82, 2.24) is 14.9 Å². The predicted molar refractivity (Wildman–Crippen MR) is 120 cm³/mol. The van der Waals surface area contributed by atoms with Crippen LogP contribution in [0.2, 0.25) is 0 Å². The number of hydrogen-bond acceptors (Lipinski definition) is 9. The molecule has 0 bridgehead atoms. The third-order valence-electron chi connectivity index (χ3n) is 3.90. The minimum Gasteiger partial charge on any atom is -0.489 e. The maximum absolute atomic E-state index is 12.7. The van der Waals surface area contributed by atoms with Crippen molar-refractivity contribution in [3.8, 4) is 5.75 Å². The van der Waals surface area contributed by atoms with Crippen molar-refractivity contribution >= 4 is 33.3 Å². The van der Waals surface area contributed by atoms with E-state index >= 15 is 0 Å². The first-order chi connectivity index (χ1) is 14.9. The average molecular weight is 498 g/mol. The fourth-order valence-electron chi connectivity index (χ4n) is 2.63. The fourth-order valence-corrected chi connectivity index (χ4v) is 2.91. The summed E-state index contributed by atoms with van der Waals surface area (Å²) in [5.41, 5.74) is 7.22. The van der Waals surface area contributed by atoms with Crippen LogP contribution in [0.15, 0.2) is 29.0 Å². The molecule has 0 fully saturated rings. The zero-order chi connectivity index (χ0) is 22.6. The Hall–Kier alpha value is -2.31. The molecule has 0 saturated carbocycles. The van der Waals surface area contributed by atoms with Gasteiger partial charge in [0.1, 0.15) is 17.0 Å². The van der Waals surface area contributed by atoms with Crippen molar-refractivity contribution in [2.24, 2.45) is 0 Å². The van der Waals surface area contributed by atoms with E-state index in [1.807, 2.05) is 31.1 Å². The van der Waals surface area contributed by atoms with Gasteiger partial charge in [0, 0.05) is 12.1 Å². The van der Waals surface area contributed by atoms with E-state index < -0.39 is 5.91 Å². The molecule has 0 spiro atoms. The minimum absolute atomic E-state index is 0.0164. The van der Waals surface area contributed by atoms with Crippen LogP contribution in [0, 0.1) is 0 Å². The molecule has 0 saturated heterocycles. The lowest BCUT2D eigenvalue weighted by molar-refractivity contribution is 0.0246. The molecule has 2 aromatic rings. The summed E-state index contributed by atoms with van der Waals surface area (Å²) in [6.07, 6.45) is 1.42. The second kappa shape index (κ2) is 13.2. The van der Waals surface area contributed by atoms with Gasteiger partial charge < -0.3 is 35.3 Å². The Kier molecular flexibility index (Phi) is 10.6. The van der Waals surface area contributed by atoms with Gasteiger partial charge in [-0.3, -0.25) is 4.79 Å². The summed E-state index contributed by atoms with van der Waals surface area (Å²) in [6.45, 7) is 2.31. The predicted octanol–water partition coefficient (Wildman–Crippen LogP) is 1.54. The number of aliphatic hydroxyl groups excluding tert-OH is 1. The summed E-state index contributed by atoms with van der Waals surface area (Å²) >= 11 is 3.20. The lowest BCUT2D eigenvalue weighted by atomic mass is 10.1. The second-order valence-corrected chi connectivity index (χ2v) is 7.52. The van der Waals surface area contributed by atoms with Crippen molar-refractivity contribution in [1.29, 1.82) is 0 Å². The first-order valence-corrected chi connectivity index (χ1v) is 10.5. The number of anilines is 2. The van der Waals surface area contributed by atoms with E-state index in [0.29, 0.717) is 42.4 Å². The van der Waals surface area contributed by atoms with E-state index in [9.17, 15) is 4.79 Å². The molecule has 31 heavy (non-hydrogen) atoms. The van der Waals surface area contributed by atoms with E-state index in [1.54, 1.807) is 6.07 Å². The number of amides is 1. The summed E-state index contributed by atoms with van der Waals surface area (Å²) in [6, 6.07) is 5.52. The quantitative estimate of drug-likeness (QED) is 0.352. The Morgan fingerprint density at radius 3 is 2.61 bits per heavy atom. The van der Waals surface area contributed by atoms with Gasteiger partial charge in [-0.05, 0) is 36.1 Å². The van der Waals surface area contributed by atoms with E-state index in [-0.39, 0.29) is 31.3 Å². The van der Waals surface area contributed by atoms with Crippen molar-refractivity contribution < 1.29 is 24.1 Å². The lowest BCUT2D eigenvalue weighted by Gasteiger charge is -2.19. The van der Waals surface area contributed by atoms with Crippen LogP contribution < -0.4 is 15.8 Å². The van der Waals surface area contributed by atoms with Gasteiger partial charge in [0.15, 0.2) is 11.5 Å². The van der Waals surface area contributed by atoms with E-state index in [2.05, 4.69) is 31.2 Å². The number of carbonyl (C=O) groups excluding carboxylic acids is 1. The molecule has 0 aliphatic heterocycles. The lowest BCUT2D eigenvalue weighted by Crippen LogP contribution is -2.19. The number of nitrogen functional groups attached to an aromatic ring is 1. The molecule has 4 N–H and O–H groups in total. The molecule has 1 amide bonds. The third kappa shape index (κ3) is 8.38. The first-order valence-electron chi connectivity index (χ1n) is 9.67. The summed E-state index contributed by atoms with van der Waals surface area (Å²) in [5.74, 6) is 0.0890. The molecule has 1 aromatic carbocycles. The number of nitrogens with two attached hydrogens (primary N) is 1. The van der Waals surface area contributed by atoms with Crippen LogP contribution in [0.4, 0.5) is 11.5 Å². The molecule has 10 nitrogen and oxygen atoms in total. The largest absolute Gasteiger partial charge is 0.489 e. The van der Waals surface area contributed by atoms with Crippen molar-refractivity contribution in [3.63, 3.8) is 0 Å². The molecule has 0 radical (unpaired) electrons. The molecule has 11 heteroatoms. The van der Waals surface area contributed by atoms with Gasteiger partial charge in [-0.1, -0.05) is 12.1 Å². The molecule has 1 heterocycles. The molecule has 170 valence electrons. The van der Waals surface area contributed by atoms with Crippen LogP contribution in [-0.2, 0) is 16.0 Å². The first kappa shape index (κ1) is 25.0. The van der Waals surface area contributed by atoms with Gasteiger partial charge in [-0.15, -0.1) is 0 Å². The number of hydrogen-bond donors (Lipinski definition) is 3. The van der Waals surface area contributed by atoms with Crippen molar-refractivity contribution in [2.75, 3.05) is 64.8 Å². The van der Waals surface area contributed by atoms with Crippen LogP contribution in [-0.4, -0.2) is 79.6 Å². The van der Waals surface area contributed by atoms with Crippen LogP contribution in [0.5, 0.6) is 5.75 Å². The Bertz CT molecular complexity index is 853.